The number of nitrogens with one attached hydrogen (secondary N) is 1. The number of halogens is 1. The monoisotopic (exact) mass is 283 g/mol. The van der Waals surface area contributed by atoms with Crippen molar-refractivity contribution in [3.63, 3.8) is 0 Å². The molecule has 2 aromatic heterocycles. The number of aryl methyl sites for hydroxylation is 2. The molecule has 18 heavy (non-hydrogen) atoms. The molecule has 3 N–H and O–H groups in total. The number of carbonyl (C=O) groups excluding carboxylic acids is 1. The Morgan fingerprint density at radius 3 is 2.67 bits per heavy atom. The van der Waals surface area contributed by atoms with E-state index in [1.165, 1.54) is 0 Å². The summed E-state index contributed by atoms with van der Waals surface area (Å²) in [4.78, 5) is 24.3. The van der Waals surface area contributed by atoms with Crippen molar-refractivity contribution in [2.45, 2.75) is 13.8 Å². The highest BCUT2D eigenvalue weighted by molar-refractivity contribution is 7.17. The van der Waals surface area contributed by atoms with Crippen LogP contribution in [0.3, 0.4) is 0 Å². The third-order valence-electron chi connectivity index (χ3n) is 2.07. The Morgan fingerprint density at radius 2 is 2.11 bits per heavy atom. The molecule has 0 fully saturated rings. The van der Waals surface area contributed by atoms with Crippen LogP contribution < -0.4 is 11.1 Å². The zero-order chi connectivity index (χ0) is 13.3. The highest BCUT2D eigenvalue weighted by atomic mass is 35.5. The average molecular weight is 284 g/mol. The smallest absolute Gasteiger partial charge is 0.270 e. The van der Waals surface area contributed by atoms with E-state index in [4.69, 9.17) is 17.3 Å². The number of nitrogens with zero attached hydrogens (tertiary/aromatic N) is 3. The van der Waals surface area contributed by atoms with Crippen LogP contribution in [0.2, 0.25) is 5.15 Å². The largest absolute Gasteiger partial charge is 0.375 e. The number of aromatic nitrogens is 3. The Morgan fingerprint density at radius 1 is 1.39 bits per heavy atom. The fourth-order valence-corrected chi connectivity index (χ4v) is 2.34. The quantitative estimate of drug-likeness (QED) is 0.823. The molecule has 0 aliphatic rings. The van der Waals surface area contributed by atoms with Gasteiger partial charge < -0.3 is 5.73 Å². The van der Waals surface area contributed by atoms with Crippen LogP contribution >= 0.6 is 22.9 Å². The molecule has 0 spiro atoms. The zero-order valence-corrected chi connectivity index (χ0v) is 11.3. The highest BCUT2D eigenvalue weighted by Gasteiger charge is 2.15. The number of hydrogen-bond acceptors (Lipinski definition) is 6. The van der Waals surface area contributed by atoms with Crippen LogP contribution in [0.15, 0.2) is 6.07 Å². The van der Waals surface area contributed by atoms with Crippen LogP contribution in [-0.2, 0) is 0 Å². The molecular weight excluding hydrogens is 274 g/mol. The topological polar surface area (TPSA) is 93.8 Å². The Kier molecular flexibility index (Phi) is 3.44. The van der Waals surface area contributed by atoms with Gasteiger partial charge in [-0.2, -0.15) is 0 Å². The lowest BCUT2D eigenvalue weighted by molar-refractivity contribution is 0.102. The van der Waals surface area contributed by atoms with Gasteiger partial charge in [0.25, 0.3) is 5.91 Å². The Labute approximate surface area is 112 Å². The predicted molar refractivity (Wildman–Crippen MR) is 71.0 cm³/mol. The first-order chi connectivity index (χ1) is 8.45. The molecule has 8 heteroatoms. The van der Waals surface area contributed by atoms with Crippen molar-refractivity contribution in [3.05, 3.63) is 27.5 Å². The first kappa shape index (κ1) is 12.7. The van der Waals surface area contributed by atoms with Gasteiger partial charge >= 0.3 is 0 Å². The van der Waals surface area contributed by atoms with Crippen molar-refractivity contribution < 1.29 is 4.79 Å². The van der Waals surface area contributed by atoms with Crippen LogP contribution in [0, 0.1) is 13.8 Å². The SMILES string of the molecule is Cc1cc(Cl)nc(NC(=O)c2sc(N)nc2C)n1. The van der Waals surface area contributed by atoms with Gasteiger partial charge in [0.1, 0.15) is 10.0 Å². The van der Waals surface area contributed by atoms with E-state index in [-0.39, 0.29) is 17.0 Å². The summed E-state index contributed by atoms with van der Waals surface area (Å²) in [7, 11) is 0. The number of rotatable bonds is 2. The molecule has 0 radical (unpaired) electrons. The maximum absolute atomic E-state index is 12.0. The minimum absolute atomic E-state index is 0.163. The summed E-state index contributed by atoms with van der Waals surface area (Å²) in [6, 6.07) is 1.60. The molecule has 2 rings (SSSR count). The molecule has 0 bridgehead atoms. The standard InChI is InChI=1S/C10H10ClN5OS/c1-4-3-6(11)15-10(13-4)16-8(17)7-5(2)14-9(12)18-7/h3H,1-2H3,(H2,12,14)(H,13,15,16,17). The second-order valence-corrected chi connectivity index (χ2v) is 4.99. The average Bonchev–Trinajstić information content (AvgIpc) is 2.56. The van der Waals surface area contributed by atoms with E-state index in [1.54, 1.807) is 19.9 Å². The fourth-order valence-electron chi connectivity index (χ4n) is 1.37. The number of nitrogen functional groups attached to an aromatic ring is 1. The van der Waals surface area contributed by atoms with E-state index >= 15 is 0 Å². The molecule has 0 unspecified atom stereocenters. The van der Waals surface area contributed by atoms with Gasteiger partial charge in [-0.25, -0.2) is 15.0 Å². The minimum Gasteiger partial charge on any atom is -0.375 e. The first-order valence-electron chi connectivity index (χ1n) is 5.01. The molecule has 0 aliphatic heterocycles. The number of nitrogens with two attached hydrogens (primary N) is 1. The van der Waals surface area contributed by atoms with Gasteiger partial charge in [-0.3, -0.25) is 10.1 Å². The van der Waals surface area contributed by atoms with Gasteiger partial charge in [0.15, 0.2) is 5.13 Å². The van der Waals surface area contributed by atoms with E-state index in [9.17, 15) is 4.79 Å². The summed E-state index contributed by atoms with van der Waals surface area (Å²) in [5.74, 6) is -0.181. The molecule has 6 nitrogen and oxygen atoms in total. The third-order valence-corrected chi connectivity index (χ3v) is 3.25. The lowest BCUT2D eigenvalue weighted by Gasteiger charge is -2.03. The number of anilines is 2. The van der Waals surface area contributed by atoms with Gasteiger partial charge in [0.05, 0.1) is 5.69 Å². The van der Waals surface area contributed by atoms with Crippen molar-refractivity contribution in [3.8, 4) is 0 Å². The van der Waals surface area contributed by atoms with Crippen LogP contribution in [0.1, 0.15) is 21.1 Å². The van der Waals surface area contributed by atoms with Crippen molar-refractivity contribution in [2.24, 2.45) is 0 Å². The van der Waals surface area contributed by atoms with Crippen LogP contribution in [-0.4, -0.2) is 20.9 Å². The normalized spacial score (nSPS) is 10.4. The molecule has 0 saturated carbocycles. The predicted octanol–water partition coefficient (Wildman–Crippen LogP) is 2.04. The number of carbonyl (C=O) groups is 1. The lowest BCUT2D eigenvalue weighted by Crippen LogP contribution is -2.14. The van der Waals surface area contributed by atoms with E-state index in [1.807, 2.05) is 0 Å². The molecule has 0 aromatic carbocycles. The van der Waals surface area contributed by atoms with Crippen LogP contribution in [0.5, 0.6) is 0 Å². The molecule has 2 aromatic rings. The van der Waals surface area contributed by atoms with E-state index < -0.39 is 0 Å². The summed E-state index contributed by atoms with van der Waals surface area (Å²) in [6.07, 6.45) is 0. The lowest BCUT2D eigenvalue weighted by atomic mass is 10.4. The van der Waals surface area contributed by atoms with Gasteiger partial charge in [-0.05, 0) is 19.9 Å². The molecule has 2 heterocycles. The maximum atomic E-state index is 12.0. The second kappa shape index (κ2) is 4.87. The van der Waals surface area contributed by atoms with Gasteiger partial charge in [0.2, 0.25) is 5.95 Å². The highest BCUT2D eigenvalue weighted by Crippen LogP contribution is 2.20. The number of hydrogen-bond donors (Lipinski definition) is 2. The van der Waals surface area contributed by atoms with E-state index in [2.05, 4.69) is 20.3 Å². The summed E-state index contributed by atoms with van der Waals surface area (Å²) in [6.45, 7) is 3.48. The second-order valence-electron chi connectivity index (χ2n) is 3.58. The Hall–Kier alpha value is -1.73. The number of thiazole rings is 1. The van der Waals surface area contributed by atoms with Crippen LogP contribution in [0.25, 0.3) is 0 Å². The van der Waals surface area contributed by atoms with E-state index in [0.717, 1.165) is 11.3 Å². The third kappa shape index (κ3) is 2.74. The van der Waals surface area contributed by atoms with Gasteiger partial charge in [-0.15, -0.1) is 0 Å². The minimum atomic E-state index is -0.344. The first-order valence-corrected chi connectivity index (χ1v) is 6.20. The van der Waals surface area contributed by atoms with Crippen molar-refractivity contribution in [2.75, 3.05) is 11.1 Å². The van der Waals surface area contributed by atoms with Crippen molar-refractivity contribution in [1.82, 2.24) is 15.0 Å². The summed E-state index contributed by atoms with van der Waals surface area (Å²) in [5, 5.41) is 3.19. The molecular formula is C10H10ClN5OS. The van der Waals surface area contributed by atoms with Crippen molar-refractivity contribution in [1.29, 1.82) is 0 Å². The summed E-state index contributed by atoms with van der Waals surface area (Å²) >= 11 is 6.90. The molecule has 0 aliphatic carbocycles. The van der Waals surface area contributed by atoms with Crippen LogP contribution in [0.4, 0.5) is 11.1 Å². The fraction of sp³-hybridized carbons (Fsp3) is 0.200. The molecule has 1 amide bonds. The van der Waals surface area contributed by atoms with E-state index in [0.29, 0.717) is 21.4 Å². The molecule has 0 saturated heterocycles. The summed E-state index contributed by atoms with van der Waals surface area (Å²) in [5.41, 5.74) is 6.78. The molecule has 0 atom stereocenters. The molecule has 94 valence electrons. The Balaban J connectivity index is 2.23. The maximum Gasteiger partial charge on any atom is 0.270 e. The number of amides is 1. The van der Waals surface area contributed by atoms with Crippen molar-refractivity contribution >= 4 is 39.9 Å². The van der Waals surface area contributed by atoms with Gasteiger partial charge in [0, 0.05) is 5.69 Å². The van der Waals surface area contributed by atoms with Gasteiger partial charge in [-0.1, -0.05) is 22.9 Å². The Bertz CT molecular complexity index is 592. The zero-order valence-electron chi connectivity index (χ0n) is 9.69. The summed E-state index contributed by atoms with van der Waals surface area (Å²) < 4.78 is 0.